The molecule has 0 amide bonds. The van der Waals surface area contributed by atoms with E-state index in [2.05, 4.69) is 9.71 Å². The Balaban J connectivity index is 2.38. The summed E-state index contributed by atoms with van der Waals surface area (Å²) in [6, 6.07) is 5.61. The minimum Gasteiger partial charge on any atom is -0.395 e. The number of hydrogen-bond acceptors (Lipinski definition) is 4. The molecule has 0 aliphatic heterocycles. The number of nitrogens with zero attached hydrogens (tertiary/aromatic N) is 1. The Hall–Kier alpha value is -2.22. The lowest BCUT2D eigenvalue weighted by atomic mass is 10.3. The summed E-state index contributed by atoms with van der Waals surface area (Å²) < 4.78 is 51.9. The highest BCUT2D eigenvalue weighted by Crippen LogP contribution is 2.22. The van der Waals surface area contributed by atoms with E-state index in [-0.39, 0.29) is 5.82 Å². The number of sulfonamides is 1. The summed E-state index contributed by atoms with van der Waals surface area (Å²) in [7, 11) is -4.08. The summed E-state index contributed by atoms with van der Waals surface area (Å²) in [4.78, 5) is 3.14. The van der Waals surface area contributed by atoms with Crippen LogP contribution in [0.1, 0.15) is 0 Å². The monoisotopic (exact) mass is 285 g/mol. The number of hydrogen-bond donors (Lipinski definition) is 2. The predicted octanol–water partition coefficient (Wildman–Crippen LogP) is 1.74. The Morgan fingerprint density at radius 1 is 1.16 bits per heavy atom. The van der Waals surface area contributed by atoms with Gasteiger partial charge in [-0.1, -0.05) is 6.07 Å². The van der Waals surface area contributed by atoms with Crippen molar-refractivity contribution in [1.29, 1.82) is 0 Å². The second-order valence-corrected chi connectivity index (χ2v) is 5.27. The lowest BCUT2D eigenvalue weighted by Gasteiger charge is -2.09. The van der Waals surface area contributed by atoms with Gasteiger partial charge in [-0.3, -0.25) is 4.72 Å². The zero-order chi connectivity index (χ0) is 14.0. The van der Waals surface area contributed by atoms with Crippen LogP contribution in [0.4, 0.5) is 20.3 Å². The molecule has 0 radical (unpaired) electrons. The first kappa shape index (κ1) is 13.2. The minimum absolute atomic E-state index is 0.0925. The van der Waals surface area contributed by atoms with Crippen LogP contribution in [0.25, 0.3) is 0 Å². The highest BCUT2D eigenvalue weighted by molar-refractivity contribution is 7.92. The first-order chi connectivity index (χ1) is 8.90. The van der Waals surface area contributed by atoms with Gasteiger partial charge in [0, 0.05) is 0 Å². The molecule has 0 spiro atoms. The number of pyridine rings is 1. The van der Waals surface area contributed by atoms with Crippen molar-refractivity contribution in [2.45, 2.75) is 4.90 Å². The smallest absolute Gasteiger partial charge is 0.265 e. The van der Waals surface area contributed by atoms with Crippen LogP contribution in [0.15, 0.2) is 41.4 Å². The molecule has 0 aliphatic rings. The lowest BCUT2D eigenvalue weighted by Crippen LogP contribution is -2.16. The molecule has 0 saturated heterocycles. The Bertz CT molecular complexity index is 702. The average Bonchev–Trinajstić information content (AvgIpc) is 2.35. The van der Waals surface area contributed by atoms with E-state index < -0.39 is 32.2 Å². The number of halogens is 2. The average molecular weight is 285 g/mol. The predicted molar refractivity (Wildman–Crippen MR) is 65.8 cm³/mol. The molecule has 0 aliphatic carbocycles. The van der Waals surface area contributed by atoms with Gasteiger partial charge in [0.25, 0.3) is 10.0 Å². The standard InChI is InChI=1S/C11H9F2N3O2S/c12-7-4-5-10(15-6-7)16-19(17,18)9-3-1-2-8(13)11(9)14/h1-6H,14H2,(H,15,16). The molecule has 19 heavy (non-hydrogen) atoms. The molecule has 3 N–H and O–H groups in total. The van der Waals surface area contributed by atoms with Crippen molar-refractivity contribution in [2.24, 2.45) is 0 Å². The Morgan fingerprint density at radius 2 is 1.89 bits per heavy atom. The van der Waals surface area contributed by atoms with Crippen LogP contribution in [-0.4, -0.2) is 13.4 Å². The van der Waals surface area contributed by atoms with E-state index in [9.17, 15) is 17.2 Å². The van der Waals surface area contributed by atoms with Crippen molar-refractivity contribution in [3.05, 3.63) is 48.2 Å². The molecule has 0 fully saturated rings. The third-order valence-corrected chi connectivity index (χ3v) is 3.68. The van der Waals surface area contributed by atoms with Crippen LogP contribution in [0, 0.1) is 11.6 Å². The third kappa shape index (κ3) is 2.79. The lowest BCUT2D eigenvalue weighted by molar-refractivity contribution is 0.596. The molecule has 1 aromatic carbocycles. The van der Waals surface area contributed by atoms with E-state index in [0.29, 0.717) is 0 Å². The molecule has 5 nitrogen and oxygen atoms in total. The second-order valence-electron chi connectivity index (χ2n) is 3.62. The van der Waals surface area contributed by atoms with Crippen LogP contribution in [0.5, 0.6) is 0 Å². The highest BCUT2D eigenvalue weighted by Gasteiger charge is 2.19. The van der Waals surface area contributed by atoms with Crippen molar-refractivity contribution >= 4 is 21.5 Å². The normalized spacial score (nSPS) is 11.3. The molecule has 0 saturated carbocycles. The number of para-hydroxylation sites is 1. The second kappa shape index (κ2) is 4.81. The Morgan fingerprint density at radius 3 is 2.53 bits per heavy atom. The fourth-order valence-electron chi connectivity index (χ4n) is 1.38. The topological polar surface area (TPSA) is 85.1 Å². The van der Waals surface area contributed by atoms with Crippen LogP contribution >= 0.6 is 0 Å². The number of benzene rings is 1. The van der Waals surface area contributed by atoms with Gasteiger partial charge in [-0.25, -0.2) is 22.2 Å². The number of nitrogens with one attached hydrogen (secondary N) is 1. The molecular formula is C11H9F2N3O2S. The van der Waals surface area contributed by atoms with Gasteiger partial charge in [0.05, 0.1) is 11.9 Å². The number of nitrogen functional groups attached to an aromatic ring is 1. The molecular weight excluding hydrogens is 276 g/mol. The molecule has 2 aromatic rings. The van der Waals surface area contributed by atoms with Crippen molar-refractivity contribution in [3.8, 4) is 0 Å². The Labute approximate surface area is 108 Å². The van der Waals surface area contributed by atoms with Gasteiger partial charge in [0.15, 0.2) is 0 Å². The fourth-order valence-corrected chi connectivity index (χ4v) is 2.53. The van der Waals surface area contributed by atoms with E-state index >= 15 is 0 Å². The quantitative estimate of drug-likeness (QED) is 0.841. The van der Waals surface area contributed by atoms with Crippen LogP contribution in [0.2, 0.25) is 0 Å². The summed E-state index contributed by atoms with van der Waals surface area (Å²) in [6.07, 6.45) is 0.854. The van der Waals surface area contributed by atoms with E-state index in [1.54, 1.807) is 0 Å². The van der Waals surface area contributed by atoms with Crippen molar-refractivity contribution < 1.29 is 17.2 Å². The summed E-state index contributed by atoms with van der Waals surface area (Å²) in [5.74, 6) is -1.53. The van der Waals surface area contributed by atoms with E-state index in [0.717, 1.165) is 30.5 Å². The van der Waals surface area contributed by atoms with Gasteiger partial charge in [-0.05, 0) is 24.3 Å². The minimum atomic E-state index is -4.08. The molecule has 0 bridgehead atoms. The third-order valence-electron chi connectivity index (χ3n) is 2.27. The number of aromatic nitrogens is 1. The van der Waals surface area contributed by atoms with Gasteiger partial charge < -0.3 is 5.73 Å². The maximum atomic E-state index is 13.2. The summed E-state index contributed by atoms with van der Waals surface area (Å²) in [5.41, 5.74) is 4.88. The summed E-state index contributed by atoms with van der Waals surface area (Å²) >= 11 is 0. The first-order valence-electron chi connectivity index (χ1n) is 5.08. The maximum Gasteiger partial charge on any atom is 0.265 e. The SMILES string of the molecule is Nc1c(F)cccc1S(=O)(=O)Nc1ccc(F)cn1. The largest absolute Gasteiger partial charge is 0.395 e. The van der Waals surface area contributed by atoms with Crippen molar-refractivity contribution in [3.63, 3.8) is 0 Å². The van der Waals surface area contributed by atoms with E-state index in [1.165, 1.54) is 6.07 Å². The van der Waals surface area contributed by atoms with Gasteiger partial charge >= 0.3 is 0 Å². The Kier molecular flexibility index (Phi) is 3.34. The van der Waals surface area contributed by atoms with Crippen LogP contribution < -0.4 is 10.5 Å². The summed E-state index contributed by atoms with van der Waals surface area (Å²) in [6.45, 7) is 0. The number of anilines is 2. The van der Waals surface area contributed by atoms with Crippen molar-refractivity contribution in [2.75, 3.05) is 10.5 Å². The number of rotatable bonds is 3. The zero-order valence-electron chi connectivity index (χ0n) is 9.47. The van der Waals surface area contributed by atoms with Gasteiger partial charge in [-0.2, -0.15) is 0 Å². The van der Waals surface area contributed by atoms with Gasteiger partial charge in [0.1, 0.15) is 22.3 Å². The zero-order valence-corrected chi connectivity index (χ0v) is 10.3. The van der Waals surface area contributed by atoms with Crippen LogP contribution in [-0.2, 0) is 10.0 Å². The molecule has 8 heteroatoms. The van der Waals surface area contributed by atoms with Crippen LogP contribution in [0.3, 0.4) is 0 Å². The van der Waals surface area contributed by atoms with Gasteiger partial charge in [0.2, 0.25) is 0 Å². The van der Waals surface area contributed by atoms with Crippen molar-refractivity contribution in [1.82, 2.24) is 4.98 Å². The molecule has 100 valence electrons. The highest BCUT2D eigenvalue weighted by atomic mass is 32.2. The summed E-state index contributed by atoms with van der Waals surface area (Å²) in [5, 5.41) is 0. The fraction of sp³-hybridized carbons (Fsp3) is 0. The molecule has 1 aromatic heterocycles. The molecule has 0 atom stereocenters. The first-order valence-corrected chi connectivity index (χ1v) is 6.57. The van der Waals surface area contributed by atoms with Gasteiger partial charge in [-0.15, -0.1) is 0 Å². The van der Waals surface area contributed by atoms with E-state index in [1.807, 2.05) is 0 Å². The molecule has 0 unspecified atom stereocenters. The number of nitrogens with two attached hydrogens (primary N) is 1. The molecule has 1 heterocycles. The van der Waals surface area contributed by atoms with E-state index in [4.69, 9.17) is 5.73 Å². The maximum absolute atomic E-state index is 13.2. The molecule has 2 rings (SSSR count).